The number of piperazine rings is 1. The number of rotatable bonds is 0. The Morgan fingerprint density at radius 3 is 3.21 bits per heavy atom. The highest BCUT2D eigenvalue weighted by atomic mass is 15.2. The molecule has 1 aromatic carbocycles. The minimum absolute atomic E-state index is 0. The SMILES string of the molecule is [HH].c1ccc2c(c1)CCN1CCNCC21. The van der Waals surface area contributed by atoms with E-state index in [1.54, 1.807) is 11.1 Å². The maximum Gasteiger partial charge on any atom is 0.0476 e. The van der Waals surface area contributed by atoms with Crippen LogP contribution in [0.2, 0.25) is 0 Å². The summed E-state index contributed by atoms with van der Waals surface area (Å²) in [6.07, 6.45) is 1.23. The molecule has 2 aliphatic rings. The van der Waals surface area contributed by atoms with Gasteiger partial charge in [0, 0.05) is 33.6 Å². The molecule has 2 nitrogen and oxygen atoms in total. The van der Waals surface area contributed by atoms with Crippen LogP contribution < -0.4 is 5.32 Å². The van der Waals surface area contributed by atoms with Crippen LogP contribution in [0, 0.1) is 0 Å². The zero-order valence-electron chi connectivity index (χ0n) is 8.37. The maximum atomic E-state index is 3.48. The number of nitrogens with zero attached hydrogens (tertiary/aromatic N) is 1. The first kappa shape index (κ1) is 8.45. The van der Waals surface area contributed by atoms with Crippen molar-refractivity contribution in [1.82, 2.24) is 10.2 Å². The molecule has 1 unspecified atom stereocenters. The van der Waals surface area contributed by atoms with Crippen molar-refractivity contribution >= 4 is 0 Å². The fourth-order valence-corrected chi connectivity index (χ4v) is 2.67. The molecular weight excluding hydrogens is 172 g/mol. The lowest BCUT2D eigenvalue weighted by molar-refractivity contribution is 0.152. The molecule has 0 bridgehead atoms. The van der Waals surface area contributed by atoms with E-state index in [-0.39, 0.29) is 1.43 Å². The van der Waals surface area contributed by atoms with Gasteiger partial charge in [-0.3, -0.25) is 4.90 Å². The Kier molecular flexibility index (Phi) is 2.03. The number of hydrogen-bond acceptors (Lipinski definition) is 2. The maximum absolute atomic E-state index is 3.48. The highest BCUT2D eigenvalue weighted by molar-refractivity contribution is 5.33. The molecule has 0 aromatic heterocycles. The van der Waals surface area contributed by atoms with Crippen molar-refractivity contribution in [2.75, 3.05) is 26.2 Å². The van der Waals surface area contributed by atoms with E-state index in [1.807, 2.05) is 0 Å². The Bertz CT molecular complexity index is 340. The van der Waals surface area contributed by atoms with Gasteiger partial charge in [0.25, 0.3) is 0 Å². The van der Waals surface area contributed by atoms with E-state index < -0.39 is 0 Å². The fourth-order valence-electron chi connectivity index (χ4n) is 2.67. The van der Waals surface area contributed by atoms with Crippen LogP contribution >= 0.6 is 0 Å². The minimum atomic E-state index is 0. The van der Waals surface area contributed by atoms with Crippen molar-refractivity contribution < 1.29 is 1.43 Å². The van der Waals surface area contributed by atoms with Crippen LogP contribution in [0.25, 0.3) is 0 Å². The van der Waals surface area contributed by atoms with E-state index in [1.165, 1.54) is 19.5 Å². The van der Waals surface area contributed by atoms with Crippen molar-refractivity contribution in [3.05, 3.63) is 35.4 Å². The zero-order valence-corrected chi connectivity index (χ0v) is 8.37. The number of hydrogen-bond donors (Lipinski definition) is 1. The first-order valence-electron chi connectivity index (χ1n) is 5.48. The van der Waals surface area contributed by atoms with E-state index in [0.29, 0.717) is 6.04 Å². The predicted molar refractivity (Wildman–Crippen MR) is 59.4 cm³/mol. The second kappa shape index (κ2) is 3.37. The Balaban J connectivity index is 0.000000853. The summed E-state index contributed by atoms with van der Waals surface area (Å²) in [5.41, 5.74) is 3.10. The zero-order chi connectivity index (χ0) is 9.38. The van der Waals surface area contributed by atoms with Crippen molar-refractivity contribution in [2.45, 2.75) is 12.5 Å². The van der Waals surface area contributed by atoms with Gasteiger partial charge in [-0.25, -0.2) is 0 Å². The van der Waals surface area contributed by atoms with Gasteiger partial charge in [0.05, 0.1) is 0 Å². The molecule has 1 aromatic rings. The summed E-state index contributed by atoms with van der Waals surface area (Å²) in [5, 5.41) is 3.48. The molecule has 0 aliphatic carbocycles. The van der Waals surface area contributed by atoms with E-state index in [4.69, 9.17) is 0 Å². The van der Waals surface area contributed by atoms with Crippen LogP contribution in [0.3, 0.4) is 0 Å². The molecular formula is C12H18N2. The van der Waals surface area contributed by atoms with Crippen molar-refractivity contribution in [3.63, 3.8) is 0 Å². The third kappa shape index (κ3) is 1.26. The lowest BCUT2D eigenvalue weighted by Crippen LogP contribution is -2.48. The minimum Gasteiger partial charge on any atom is -0.314 e. The monoisotopic (exact) mass is 190 g/mol. The Hall–Kier alpha value is -0.860. The molecule has 2 aliphatic heterocycles. The number of benzene rings is 1. The molecule has 0 radical (unpaired) electrons. The van der Waals surface area contributed by atoms with E-state index in [9.17, 15) is 0 Å². The molecule has 1 saturated heterocycles. The van der Waals surface area contributed by atoms with Gasteiger partial charge in [-0.2, -0.15) is 0 Å². The van der Waals surface area contributed by atoms with Gasteiger partial charge in [-0.05, 0) is 17.5 Å². The molecule has 2 heterocycles. The summed E-state index contributed by atoms with van der Waals surface area (Å²) in [7, 11) is 0. The largest absolute Gasteiger partial charge is 0.314 e. The topological polar surface area (TPSA) is 15.3 Å². The Labute approximate surface area is 86.4 Å². The molecule has 76 valence electrons. The quantitative estimate of drug-likeness (QED) is 0.666. The van der Waals surface area contributed by atoms with Crippen LogP contribution in [0.4, 0.5) is 0 Å². The highest BCUT2D eigenvalue weighted by Gasteiger charge is 2.28. The second-order valence-electron chi connectivity index (χ2n) is 4.20. The first-order valence-corrected chi connectivity index (χ1v) is 5.48. The molecule has 1 atom stereocenters. The third-order valence-electron chi connectivity index (χ3n) is 3.44. The van der Waals surface area contributed by atoms with Gasteiger partial charge >= 0.3 is 0 Å². The summed E-state index contributed by atoms with van der Waals surface area (Å²) in [4.78, 5) is 2.61. The lowest BCUT2D eigenvalue weighted by Gasteiger charge is -2.40. The molecule has 0 saturated carbocycles. The standard InChI is InChI=1S/C12H16N2.H2/c1-2-4-11-10(3-1)5-7-14-8-6-13-9-12(11)14;/h1-4,12-13H,5-9H2;1H. The van der Waals surface area contributed by atoms with Gasteiger partial charge in [0.1, 0.15) is 0 Å². The Morgan fingerprint density at radius 2 is 2.21 bits per heavy atom. The van der Waals surface area contributed by atoms with Crippen molar-refractivity contribution in [1.29, 1.82) is 0 Å². The van der Waals surface area contributed by atoms with Gasteiger partial charge in [-0.15, -0.1) is 0 Å². The van der Waals surface area contributed by atoms with Gasteiger partial charge in [-0.1, -0.05) is 24.3 Å². The number of nitrogens with one attached hydrogen (secondary N) is 1. The average Bonchev–Trinajstić information content (AvgIpc) is 2.29. The van der Waals surface area contributed by atoms with Gasteiger partial charge < -0.3 is 5.32 Å². The first-order chi connectivity index (χ1) is 6.95. The lowest BCUT2D eigenvalue weighted by atomic mass is 9.91. The molecule has 1 fully saturated rings. The third-order valence-corrected chi connectivity index (χ3v) is 3.44. The van der Waals surface area contributed by atoms with E-state index in [2.05, 4.69) is 34.5 Å². The normalized spacial score (nSPS) is 26.7. The van der Waals surface area contributed by atoms with Gasteiger partial charge in [0.15, 0.2) is 0 Å². The summed E-state index contributed by atoms with van der Waals surface area (Å²) >= 11 is 0. The van der Waals surface area contributed by atoms with E-state index in [0.717, 1.165) is 13.1 Å². The van der Waals surface area contributed by atoms with Crippen LogP contribution in [0.1, 0.15) is 18.6 Å². The summed E-state index contributed by atoms with van der Waals surface area (Å²) in [5.74, 6) is 0. The van der Waals surface area contributed by atoms with Crippen molar-refractivity contribution in [2.24, 2.45) is 0 Å². The van der Waals surface area contributed by atoms with Crippen molar-refractivity contribution in [3.8, 4) is 0 Å². The second-order valence-corrected chi connectivity index (χ2v) is 4.20. The number of fused-ring (bicyclic) bond motifs is 3. The molecule has 0 amide bonds. The van der Waals surface area contributed by atoms with Crippen LogP contribution in [-0.2, 0) is 6.42 Å². The smallest absolute Gasteiger partial charge is 0.0476 e. The van der Waals surface area contributed by atoms with E-state index >= 15 is 0 Å². The highest BCUT2D eigenvalue weighted by Crippen LogP contribution is 2.29. The van der Waals surface area contributed by atoms with Crippen LogP contribution in [0.5, 0.6) is 0 Å². The summed E-state index contributed by atoms with van der Waals surface area (Å²) < 4.78 is 0. The summed E-state index contributed by atoms with van der Waals surface area (Å²) in [6.45, 7) is 4.72. The summed E-state index contributed by atoms with van der Waals surface area (Å²) in [6, 6.07) is 9.52. The molecule has 14 heavy (non-hydrogen) atoms. The predicted octanol–water partition coefficient (Wildman–Crippen LogP) is 1.44. The average molecular weight is 190 g/mol. The molecule has 1 N–H and O–H groups in total. The van der Waals surface area contributed by atoms with Crippen LogP contribution in [0.15, 0.2) is 24.3 Å². The molecule has 2 heteroatoms. The van der Waals surface area contributed by atoms with Crippen LogP contribution in [-0.4, -0.2) is 31.1 Å². The molecule has 0 spiro atoms. The molecule has 3 rings (SSSR count). The fraction of sp³-hybridized carbons (Fsp3) is 0.500. The Morgan fingerprint density at radius 1 is 1.29 bits per heavy atom. The van der Waals surface area contributed by atoms with Gasteiger partial charge in [0.2, 0.25) is 0 Å².